The van der Waals surface area contributed by atoms with Gasteiger partial charge in [-0.15, -0.1) is 0 Å². The van der Waals surface area contributed by atoms with Crippen LogP contribution >= 0.6 is 23.4 Å². The maximum Gasteiger partial charge on any atom is 0.253 e. The van der Waals surface area contributed by atoms with Gasteiger partial charge in [0.05, 0.1) is 0 Å². The fraction of sp³-hybridized carbons (Fsp3) is 0.100. The molecule has 1 amide bonds. The minimum atomic E-state index is -0.0191. The zero-order valence-electron chi connectivity index (χ0n) is 13.7. The minimum absolute atomic E-state index is 0.0191. The molecule has 0 spiro atoms. The number of nitrogens with zero attached hydrogens (tertiary/aromatic N) is 2. The van der Waals surface area contributed by atoms with E-state index in [1.54, 1.807) is 29.9 Å². The van der Waals surface area contributed by atoms with Crippen LogP contribution in [0.25, 0.3) is 0 Å². The summed E-state index contributed by atoms with van der Waals surface area (Å²) >= 11 is 7.57. The Morgan fingerprint density at radius 2 is 1.88 bits per heavy atom. The maximum atomic E-state index is 12.6. The number of aromatic nitrogens is 1. The first-order valence-electron chi connectivity index (χ1n) is 7.81. The Kier molecular flexibility index (Phi) is 5.74. The predicted molar refractivity (Wildman–Crippen MR) is 102 cm³/mol. The SMILES string of the molecule is CN(Cc1cccc(Cl)c1)C(=O)c1ccc(Sc2ccccn2)cc1. The van der Waals surface area contributed by atoms with Gasteiger partial charge >= 0.3 is 0 Å². The molecule has 0 bridgehead atoms. The Labute approximate surface area is 156 Å². The van der Waals surface area contributed by atoms with Crippen molar-refractivity contribution in [2.24, 2.45) is 0 Å². The molecule has 0 aliphatic rings. The van der Waals surface area contributed by atoms with Gasteiger partial charge in [-0.25, -0.2) is 4.98 Å². The van der Waals surface area contributed by atoms with Crippen LogP contribution in [0.4, 0.5) is 0 Å². The van der Waals surface area contributed by atoms with Crippen molar-refractivity contribution in [3.05, 3.63) is 89.1 Å². The fourth-order valence-electron chi connectivity index (χ4n) is 2.40. The topological polar surface area (TPSA) is 33.2 Å². The molecule has 3 nitrogen and oxygen atoms in total. The van der Waals surface area contributed by atoms with Gasteiger partial charge in [-0.05, 0) is 54.1 Å². The Hall–Kier alpha value is -2.30. The first-order chi connectivity index (χ1) is 12.1. The van der Waals surface area contributed by atoms with E-state index in [1.165, 1.54) is 0 Å². The van der Waals surface area contributed by atoms with Crippen LogP contribution in [0.5, 0.6) is 0 Å². The lowest BCUT2D eigenvalue weighted by molar-refractivity contribution is 0.0785. The standard InChI is InChI=1S/C20H17ClN2OS/c1-23(14-15-5-4-6-17(21)13-15)20(24)16-8-10-18(11-9-16)25-19-7-2-3-12-22-19/h2-13H,14H2,1H3. The third-order valence-electron chi connectivity index (χ3n) is 3.62. The second-order valence-electron chi connectivity index (χ2n) is 5.59. The van der Waals surface area contributed by atoms with Crippen LogP contribution < -0.4 is 0 Å². The Morgan fingerprint density at radius 3 is 2.56 bits per heavy atom. The summed E-state index contributed by atoms with van der Waals surface area (Å²) in [6.45, 7) is 0.518. The Morgan fingerprint density at radius 1 is 1.08 bits per heavy atom. The highest BCUT2D eigenvalue weighted by Gasteiger charge is 2.12. The average molecular weight is 369 g/mol. The van der Waals surface area contributed by atoms with Gasteiger partial charge in [0.15, 0.2) is 0 Å². The number of carbonyl (C=O) groups is 1. The molecule has 0 atom stereocenters. The molecule has 0 aliphatic heterocycles. The van der Waals surface area contributed by atoms with Crippen LogP contribution in [0.3, 0.4) is 0 Å². The summed E-state index contributed by atoms with van der Waals surface area (Å²) in [5.74, 6) is -0.0191. The van der Waals surface area contributed by atoms with Crippen LogP contribution in [0.2, 0.25) is 5.02 Å². The molecule has 2 aromatic carbocycles. The molecule has 0 saturated heterocycles. The van der Waals surface area contributed by atoms with E-state index in [4.69, 9.17) is 11.6 Å². The van der Waals surface area contributed by atoms with E-state index in [0.29, 0.717) is 17.1 Å². The van der Waals surface area contributed by atoms with Crippen LogP contribution in [0.1, 0.15) is 15.9 Å². The molecule has 3 aromatic rings. The highest BCUT2D eigenvalue weighted by atomic mass is 35.5. The number of hydrogen-bond acceptors (Lipinski definition) is 3. The van der Waals surface area contributed by atoms with Gasteiger partial charge in [-0.3, -0.25) is 4.79 Å². The monoisotopic (exact) mass is 368 g/mol. The van der Waals surface area contributed by atoms with Crippen molar-refractivity contribution in [2.45, 2.75) is 16.5 Å². The van der Waals surface area contributed by atoms with Crippen molar-refractivity contribution >= 4 is 29.3 Å². The van der Waals surface area contributed by atoms with E-state index in [-0.39, 0.29) is 5.91 Å². The van der Waals surface area contributed by atoms with Gasteiger partial charge in [0.2, 0.25) is 0 Å². The van der Waals surface area contributed by atoms with E-state index in [9.17, 15) is 4.79 Å². The highest BCUT2D eigenvalue weighted by molar-refractivity contribution is 7.99. The molecular weight excluding hydrogens is 352 g/mol. The van der Waals surface area contributed by atoms with E-state index in [2.05, 4.69) is 4.98 Å². The molecule has 0 N–H and O–H groups in total. The lowest BCUT2D eigenvalue weighted by atomic mass is 10.1. The summed E-state index contributed by atoms with van der Waals surface area (Å²) in [5, 5.41) is 1.61. The summed E-state index contributed by atoms with van der Waals surface area (Å²) in [6.07, 6.45) is 1.77. The van der Waals surface area contributed by atoms with E-state index in [1.807, 2.05) is 66.7 Å². The van der Waals surface area contributed by atoms with Crippen molar-refractivity contribution in [1.82, 2.24) is 9.88 Å². The predicted octanol–water partition coefficient (Wildman–Crippen LogP) is 5.16. The first kappa shape index (κ1) is 17.5. The van der Waals surface area contributed by atoms with Gasteiger partial charge in [-0.1, -0.05) is 41.6 Å². The fourth-order valence-corrected chi connectivity index (χ4v) is 3.38. The molecule has 0 unspecified atom stereocenters. The largest absolute Gasteiger partial charge is 0.337 e. The smallest absolute Gasteiger partial charge is 0.253 e. The molecule has 5 heteroatoms. The molecule has 126 valence electrons. The summed E-state index contributed by atoms with van der Waals surface area (Å²) in [4.78, 5) is 19.6. The normalized spacial score (nSPS) is 10.5. The lowest BCUT2D eigenvalue weighted by Gasteiger charge is -2.17. The highest BCUT2D eigenvalue weighted by Crippen LogP contribution is 2.26. The van der Waals surface area contributed by atoms with Crippen molar-refractivity contribution in [1.29, 1.82) is 0 Å². The quantitative estimate of drug-likeness (QED) is 0.623. The van der Waals surface area contributed by atoms with Crippen molar-refractivity contribution in [3.63, 3.8) is 0 Å². The molecule has 1 aromatic heterocycles. The third kappa shape index (κ3) is 4.84. The van der Waals surface area contributed by atoms with E-state index < -0.39 is 0 Å². The van der Waals surface area contributed by atoms with Crippen LogP contribution in [-0.4, -0.2) is 22.8 Å². The van der Waals surface area contributed by atoms with Crippen molar-refractivity contribution < 1.29 is 4.79 Å². The lowest BCUT2D eigenvalue weighted by Crippen LogP contribution is -2.26. The van der Waals surface area contributed by atoms with E-state index >= 15 is 0 Å². The van der Waals surface area contributed by atoms with Gasteiger partial charge in [0.25, 0.3) is 5.91 Å². The van der Waals surface area contributed by atoms with Gasteiger partial charge in [0.1, 0.15) is 5.03 Å². The number of rotatable bonds is 5. The summed E-state index contributed by atoms with van der Waals surface area (Å²) in [5.41, 5.74) is 1.67. The third-order valence-corrected chi connectivity index (χ3v) is 4.81. The van der Waals surface area contributed by atoms with E-state index in [0.717, 1.165) is 15.5 Å². The second kappa shape index (κ2) is 8.19. The number of hydrogen-bond donors (Lipinski definition) is 0. The Balaban J connectivity index is 1.65. The number of amides is 1. The number of pyridine rings is 1. The molecular formula is C20H17ClN2OS. The Bertz CT molecular complexity index is 853. The summed E-state index contributed by atoms with van der Waals surface area (Å²) in [7, 11) is 1.79. The molecule has 25 heavy (non-hydrogen) atoms. The molecule has 0 saturated carbocycles. The van der Waals surface area contributed by atoms with Gasteiger partial charge < -0.3 is 4.90 Å². The zero-order chi connectivity index (χ0) is 17.6. The first-order valence-corrected chi connectivity index (χ1v) is 9.00. The summed E-state index contributed by atoms with van der Waals surface area (Å²) in [6, 6.07) is 20.9. The van der Waals surface area contributed by atoms with Gasteiger partial charge in [0, 0.05) is 35.3 Å². The molecule has 0 radical (unpaired) electrons. The zero-order valence-corrected chi connectivity index (χ0v) is 15.3. The van der Waals surface area contributed by atoms with Crippen LogP contribution in [-0.2, 0) is 6.54 Å². The molecule has 0 fully saturated rings. The van der Waals surface area contributed by atoms with Crippen molar-refractivity contribution in [2.75, 3.05) is 7.05 Å². The molecule has 3 rings (SSSR count). The second-order valence-corrected chi connectivity index (χ2v) is 7.12. The molecule has 1 heterocycles. The number of carbonyl (C=O) groups excluding carboxylic acids is 1. The average Bonchev–Trinajstić information content (AvgIpc) is 2.62. The van der Waals surface area contributed by atoms with Crippen LogP contribution in [0.15, 0.2) is 82.8 Å². The van der Waals surface area contributed by atoms with Crippen LogP contribution in [0, 0.1) is 0 Å². The number of benzene rings is 2. The number of halogens is 1. The minimum Gasteiger partial charge on any atom is -0.337 e. The summed E-state index contributed by atoms with van der Waals surface area (Å²) < 4.78 is 0. The van der Waals surface area contributed by atoms with Gasteiger partial charge in [-0.2, -0.15) is 0 Å². The maximum absolute atomic E-state index is 12.6. The van der Waals surface area contributed by atoms with Crippen molar-refractivity contribution in [3.8, 4) is 0 Å². The molecule has 0 aliphatic carbocycles.